The number of rotatable bonds is 3. The number of carbonyl (C=O) groups excluding carboxylic acids is 1. The van der Waals surface area contributed by atoms with E-state index in [0.717, 1.165) is 62.2 Å². The first-order chi connectivity index (χ1) is 12.1. The van der Waals surface area contributed by atoms with Crippen molar-refractivity contribution in [2.45, 2.75) is 32.7 Å². The number of carbonyl (C=O) groups is 1. The fourth-order valence-electron chi connectivity index (χ4n) is 3.55. The molecule has 1 saturated heterocycles. The van der Waals surface area contributed by atoms with Crippen LogP contribution in [-0.2, 0) is 20.0 Å². The quantitative estimate of drug-likeness (QED) is 0.866. The van der Waals surface area contributed by atoms with Crippen molar-refractivity contribution < 1.29 is 4.79 Å². The third kappa shape index (κ3) is 3.02. The van der Waals surface area contributed by atoms with Crippen LogP contribution in [0.1, 0.15) is 34.8 Å². The zero-order valence-electron chi connectivity index (χ0n) is 14.9. The number of anilines is 2. The summed E-state index contributed by atoms with van der Waals surface area (Å²) in [6, 6.07) is 0. The molecule has 2 N–H and O–H groups in total. The molecule has 2 aromatic heterocycles. The molecule has 0 aromatic carbocycles. The van der Waals surface area contributed by atoms with Gasteiger partial charge in [-0.05, 0) is 19.8 Å². The molecule has 0 spiro atoms. The Labute approximate surface area is 147 Å². The van der Waals surface area contributed by atoms with Gasteiger partial charge in [0.05, 0.1) is 5.69 Å². The number of aryl methyl sites for hydroxylation is 1. The summed E-state index contributed by atoms with van der Waals surface area (Å²) in [6.07, 6.45) is 5.05. The maximum atomic E-state index is 12.8. The van der Waals surface area contributed by atoms with E-state index < -0.39 is 0 Å². The first-order valence-corrected chi connectivity index (χ1v) is 9.00. The average molecular weight is 343 g/mol. The van der Waals surface area contributed by atoms with Gasteiger partial charge in [0.1, 0.15) is 17.2 Å². The van der Waals surface area contributed by atoms with E-state index in [2.05, 4.69) is 30.2 Å². The van der Waals surface area contributed by atoms with Gasteiger partial charge in [-0.1, -0.05) is 0 Å². The molecule has 8 heteroatoms. The van der Waals surface area contributed by atoms with E-state index in [9.17, 15) is 4.79 Å². The largest absolute Gasteiger partial charge is 0.353 e. The van der Waals surface area contributed by atoms with Crippen LogP contribution >= 0.6 is 0 Å². The lowest BCUT2D eigenvalue weighted by molar-refractivity contribution is 0.102. The van der Waals surface area contributed by atoms with E-state index in [1.807, 2.05) is 24.9 Å². The lowest BCUT2D eigenvalue weighted by atomic mass is 10.3. The predicted molar refractivity (Wildman–Crippen MR) is 96.1 cm³/mol. The van der Waals surface area contributed by atoms with Crippen LogP contribution in [0.3, 0.4) is 0 Å². The molecule has 134 valence electrons. The number of hydrogen-bond acceptors (Lipinski definition) is 5. The van der Waals surface area contributed by atoms with Gasteiger partial charge in [0, 0.05) is 52.4 Å². The summed E-state index contributed by atoms with van der Waals surface area (Å²) in [5.74, 6) is 1.68. The number of aromatic nitrogens is 4. The molecule has 2 aliphatic rings. The smallest absolute Gasteiger partial charge is 0.276 e. The van der Waals surface area contributed by atoms with Gasteiger partial charge in [-0.3, -0.25) is 9.48 Å². The molecule has 1 amide bonds. The maximum absolute atomic E-state index is 12.8. The van der Waals surface area contributed by atoms with Crippen molar-refractivity contribution in [1.29, 1.82) is 0 Å². The van der Waals surface area contributed by atoms with Crippen molar-refractivity contribution in [3.63, 3.8) is 0 Å². The number of fused-ring (bicyclic) bond motifs is 1. The van der Waals surface area contributed by atoms with Crippen LogP contribution in [0.5, 0.6) is 0 Å². The molecule has 8 nitrogen and oxygen atoms in total. The van der Waals surface area contributed by atoms with E-state index in [0.29, 0.717) is 5.69 Å². The Morgan fingerprint density at radius 2 is 2.04 bits per heavy atom. The molecule has 2 aliphatic heterocycles. The number of nitrogens with one attached hydrogen (secondary N) is 2. The molecule has 0 saturated carbocycles. The van der Waals surface area contributed by atoms with Crippen molar-refractivity contribution in [2.24, 2.45) is 7.05 Å². The van der Waals surface area contributed by atoms with Crippen molar-refractivity contribution in [1.82, 2.24) is 24.6 Å². The van der Waals surface area contributed by atoms with E-state index in [-0.39, 0.29) is 5.91 Å². The van der Waals surface area contributed by atoms with Crippen molar-refractivity contribution in [3.8, 4) is 0 Å². The Hall–Kier alpha value is -2.35. The first kappa shape index (κ1) is 16.1. The zero-order valence-corrected chi connectivity index (χ0v) is 14.9. The molecule has 0 atom stereocenters. The SMILES string of the molecule is Cc1c(NC(=O)c2cn3c(n2)CCNCC3)c(N2CCCC2)nn1C. The fourth-order valence-corrected chi connectivity index (χ4v) is 3.55. The summed E-state index contributed by atoms with van der Waals surface area (Å²) in [5.41, 5.74) is 2.24. The second kappa shape index (κ2) is 6.51. The third-order valence-corrected chi connectivity index (χ3v) is 5.11. The van der Waals surface area contributed by atoms with Crippen LogP contribution in [0, 0.1) is 6.92 Å². The Morgan fingerprint density at radius 1 is 1.24 bits per heavy atom. The van der Waals surface area contributed by atoms with Gasteiger partial charge in [-0.25, -0.2) is 4.98 Å². The first-order valence-electron chi connectivity index (χ1n) is 9.00. The monoisotopic (exact) mass is 343 g/mol. The molecule has 4 rings (SSSR count). The van der Waals surface area contributed by atoms with Crippen LogP contribution in [0.2, 0.25) is 0 Å². The molecule has 1 fully saturated rings. The second-order valence-corrected chi connectivity index (χ2v) is 6.79. The minimum Gasteiger partial charge on any atom is -0.353 e. The summed E-state index contributed by atoms with van der Waals surface area (Å²) in [6.45, 7) is 6.62. The van der Waals surface area contributed by atoms with Gasteiger partial charge >= 0.3 is 0 Å². The fraction of sp³-hybridized carbons (Fsp3) is 0.588. The molecular weight excluding hydrogens is 318 g/mol. The van der Waals surface area contributed by atoms with Crippen molar-refractivity contribution >= 4 is 17.4 Å². The number of hydrogen-bond donors (Lipinski definition) is 2. The lowest BCUT2D eigenvalue weighted by Gasteiger charge is -2.16. The normalized spacial score (nSPS) is 17.4. The highest BCUT2D eigenvalue weighted by Gasteiger charge is 2.24. The topological polar surface area (TPSA) is 80.0 Å². The molecule has 0 radical (unpaired) electrons. The Kier molecular flexibility index (Phi) is 4.20. The summed E-state index contributed by atoms with van der Waals surface area (Å²) in [7, 11) is 1.91. The highest BCUT2D eigenvalue weighted by Crippen LogP contribution is 2.30. The highest BCUT2D eigenvalue weighted by molar-refractivity contribution is 6.04. The number of nitrogens with zero attached hydrogens (tertiary/aromatic N) is 5. The molecular formula is C17H25N7O. The van der Waals surface area contributed by atoms with Crippen LogP contribution in [-0.4, -0.2) is 51.4 Å². The van der Waals surface area contributed by atoms with E-state index in [1.54, 1.807) is 0 Å². The van der Waals surface area contributed by atoms with Crippen LogP contribution in [0.4, 0.5) is 11.5 Å². The minimum atomic E-state index is -0.162. The van der Waals surface area contributed by atoms with E-state index in [4.69, 9.17) is 0 Å². The summed E-state index contributed by atoms with van der Waals surface area (Å²) < 4.78 is 3.91. The van der Waals surface area contributed by atoms with Gasteiger partial charge in [0.15, 0.2) is 5.82 Å². The van der Waals surface area contributed by atoms with Crippen molar-refractivity contribution in [3.05, 3.63) is 23.4 Å². The van der Waals surface area contributed by atoms with Gasteiger partial charge in [-0.2, -0.15) is 5.10 Å². The van der Waals surface area contributed by atoms with E-state index in [1.165, 1.54) is 12.8 Å². The predicted octanol–water partition coefficient (Wildman–Crippen LogP) is 0.923. The molecule has 25 heavy (non-hydrogen) atoms. The Morgan fingerprint density at radius 3 is 2.84 bits per heavy atom. The maximum Gasteiger partial charge on any atom is 0.276 e. The zero-order chi connectivity index (χ0) is 17.4. The van der Waals surface area contributed by atoms with Crippen LogP contribution in [0.25, 0.3) is 0 Å². The number of imidazole rings is 1. The highest BCUT2D eigenvalue weighted by atomic mass is 16.2. The summed E-state index contributed by atoms with van der Waals surface area (Å²) in [5, 5.41) is 11.0. The molecule has 0 aliphatic carbocycles. The van der Waals surface area contributed by atoms with Gasteiger partial charge in [-0.15, -0.1) is 0 Å². The standard InChI is InChI=1S/C17H25N7O/c1-12-15(16(21-22(12)2)23-8-3-4-9-23)20-17(25)13-11-24-10-7-18-6-5-14(24)19-13/h11,18H,3-10H2,1-2H3,(H,20,25). The Balaban J connectivity index is 1.59. The summed E-state index contributed by atoms with van der Waals surface area (Å²) in [4.78, 5) is 19.6. The van der Waals surface area contributed by atoms with Crippen LogP contribution in [0.15, 0.2) is 6.20 Å². The van der Waals surface area contributed by atoms with Crippen molar-refractivity contribution in [2.75, 3.05) is 36.4 Å². The molecule has 0 unspecified atom stereocenters. The van der Waals surface area contributed by atoms with E-state index >= 15 is 0 Å². The molecule has 2 aromatic rings. The summed E-state index contributed by atoms with van der Waals surface area (Å²) >= 11 is 0. The second-order valence-electron chi connectivity index (χ2n) is 6.79. The number of amides is 1. The third-order valence-electron chi connectivity index (χ3n) is 5.11. The van der Waals surface area contributed by atoms with Crippen LogP contribution < -0.4 is 15.5 Å². The van der Waals surface area contributed by atoms with Gasteiger partial charge in [0.25, 0.3) is 5.91 Å². The van der Waals surface area contributed by atoms with Gasteiger partial charge in [0.2, 0.25) is 0 Å². The Bertz CT molecular complexity index is 762. The lowest BCUT2D eigenvalue weighted by Crippen LogP contribution is -2.21. The average Bonchev–Trinajstić information content (AvgIpc) is 3.29. The van der Waals surface area contributed by atoms with Gasteiger partial charge < -0.3 is 20.1 Å². The molecule has 4 heterocycles. The minimum absolute atomic E-state index is 0.162. The molecule has 0 bridgehead atoms.